The van der Waals surface area contributed by atoms with Gasteiger partial charge in [0, 0.05) is 10.5 Å². The van der Waals surface area contributed by atoms with Crippen LogP contribution in [0.5, 0.6) is 5.75 Å². The number of hydrogen-bond acceptors (Lipinski definition) is 5. The maximum absolute atomic E-state index is 12.4. The van der Waals surface area contributed by atoms with Crippen molar-refractivity contribution in [2.24, 2.45) is 5.92 Å². The number of benzene rings is 2. The maximum Gasteiger partial charge on any atom is 0.289 e. The Bertz CT molecular complexity index is 1080. The molecule has 1 aliphatic rings. The predicted octanol–water partition coefficient (Wildman–Crippen LogP) is 7.38. The minimum atomic E-state index is 0.142. The van der Waals surface area contributed by atoms with Gasteiger partial charge in [-0.2, -0.15) is 0 Å². The molecule has 0 spiro atoms. The standard InChI is InChI=1S/C24H26O2S3/c1-14(2)10-11-26-20-9-8-17-13-19(20)22-23(29-24(25)28-22)27-21-15(3)6-5-7-18(21)12-16(17)4/h5-9,13-14,16H,10-12H2,1-4H3. The SMILES string of the molecule is Cc1cccc2c1Sc1sc(=O)sc1-c1cc(ccc1OCCC(C)C)C(C)C2. The lowest BCUT2D eigenvalue weighted by Crippen LogP contribution is -2.05. The monoisotopic (exact) mass is 442 g/mol. The van der Waals surface area contributed by atoms with E-state index in [4.69, 9.17) is 4.74 Å². The van der Waals surface area contributed by atoms with Crippen molar-refractivity contribution >= 4 is 34.4 Å². The summed E-state index contributed by atoms with van der Waals surface area (Å²) in [7, 11) is 0. The Balaban J connectivity index is 1.85. The molecule has 1 unspecified atom stereocenters. The molecule has 29 heavy (non-hydrogen) atoms. The third-order valence-electron chi connectivity index (χ3n) is 5.33. The smallest absolute Gasteiger partial charge is 0.289 e. The quantitative estimate of drug-likeness (QED) is 0.421. The molecule has 0 radical (unpaired) electrons. The lowest BCUT2D eigenvalue weighted by molar-refractivity contribution is 0.290. The number of fused-ring (bicyclic) bond motifs is 5. The van der Waals surface area contributed by atoms with E-state index in [1.807, 2.05) is 0 Å². The summed E-state index contributed by atoms with van der Waals surface area (Å²) in [4.78, 5) is 14.8. The molecule has 0 aliphatic carbocycles. The second kappa shape index (κ2) is 8.66. The number of ether oxygens (including phenoxy) is 1. The van der Waals surface area contributed by atoms with Gasteiger partial charge in [-0.1, -0.05) is 79.5 Å². The van der Waals surface area contributed by atoms with E-state index in [1.54, 1.807) is 11.8 Å². The molecular weight excluding hydrogens is 416 g/mol. The Morgan fingerprint density at radius 3 is 2.79 bits per heavy atom. The summed E-state index contributed by atoms with van der Waals surface area (Å²) in [5, 5.41) is 0. The highest BCUT2D eigenvalue weighted by molar-refractivity contribution is 8.01. The van der Waals surface area contributed by atoms with Crippen LogP contribution in [0.3, 0.4) is 0 Å². The molecule has 1 aliphatic heterocycles. The minimum Gasteiger partial charge on any atom is -0.493 e. The second-order valence-corrected chi connectivity index (χ2v) is 11.6. The fraction of sp³-hybridized carbons (Fsp3) is 0.375. The van der Waals surface area contributed by atoms with Gasteiger partial charge in [0.1, 0.15) is 5.75 Å². The van der Waals surface area contributed by atoms with Gasteiger partial charge in [-0.25, -0.2) is 0 Å². The number of aryl methyl sites for hydroxylation is 1. The molecule has 1 atom stereocenters. The normalized spacial score (nSPS) is 15.7. The van der Waals surface area contributed by atoms with Gasteiger partial charge in [0.15, 0.2) is 0 Å². The molecular formula is C24H26O2S3. The molecule has 3 aromatic rings. The molecule has 2 nitrogen and oxygen atoms in total. The second-order valence-electron chi connectivity index (χ2n) is 8.13. The third kappa shape index (κ3) is 4.47. The van der Waals surface area contributed by atoms with Crippen molar-refractivity contribution in [2.75, 3.05) is 6.61 Å². The van der Waals surface area contributed by atoms with E-state index < -0.39 is 0 Å². The van der Waals surface area contributed by atoms with Crippen LogP contribution < -0.4 is 8.79 Å². The van der Waals surface area contributed by atoms with Crippen LogP contribution in [-0.4, -0.2) is 6.61 Å². The van der Waals surface area contributed by atoms with Crippen LogP contribution in [0.25, 0.3) is 10.4 Å². The zero-order valence-corrected chi connectivity index (χ0v) is 19.7. The van der Waals surface area contributed by atoms with Gasteiger partial charge >= 0.3 is 0 Å². The molecule has 0 amide bonds. The molecule has 5 heteroatoms. The molecule has 0 fully saturated rings. The van der Waals surface area contributed by atoms with Crippen molar-refractivity contribution in [1.82, 2.24) is 0 Å². The molecule has 1 aromatic heterocycles. The van der Waals surface area contributed by atoms with E-state index >= 15 is 0 Å². The first-order valence-electron chi connectivity index (χ1n) is 10.1. The third-order valence-corrected chi connectivity index (χ3v) is 9.12. The van der Waals surface area contributed by atoms with E-state index in [1.165, 1.54) is 44.3 Å². The molecule has 2 bridgehead atoms. The summed E-state index contributed by atoms with van der Waals surface area (Å²) in [6.07, 6.45) is 2.01. The Morgan fingerprint density at radius 1 is 1.17 bits per heavy atom. The highest BCUT2D eigenvalue weighted by Gasteiger charge is 2.23. The van der Waals surface area contributed by atoms with Gasteiger partial charge in [-0.15, -0.1) is 0 Å². The summed E-state index contributed by atoms with van der Waals surface area (Å²) in [6, 6.07) is 13.1. The highest BCUT2D eigenvalue weighted by Crippen LogP contribution is 2.47. The van der Waals surface area contributed by atoms with E-state index in [0.29, 0.717) is 18.4 Å². The Hall–Kier alpha value is -1.56. The Morgan fingerprint density at radius 2 is 2.00 bits per heavy atom. The van der Waals surface area contributed by atoms with Crippen LogP contribution in [0, 0.1) is 12.8 Å². The van der Waals surface area contributed by atoms with Crippen LogP contribution in [0.15, 0.2) is 50.3 Å². The molecule has 0 N–H and O–H groups in total. The van der Waals surface area contributed by atoms with Gasteiger partial charge in [-0.05, 0) is 60.4 Å². The first-order chi connectivity index (χ1) is 13.9. The van der Waals surface area contributed by atoms with E-state index in [0.717, 1.165) is 33.2 Å². The lowest BCUT2D eigenvalue weighted by atomic mass is 9.91. The van der Waals surface area contributed by atoms with Gasteiger partial charge < -0.3 is 4.74 Å². The van der Waals surface area contributed by atoms with Crippen molar-refractivity contribution in [2.45, 2.75) is 55.6 Å². The van der Waals surface area contributed by atoms with Crippen LogP contribution in [0.1, 0.15) is 49.8 Å². The zero-order valence-electron chi connectivity index (χ0n) is 17.3. The fourth-order valence-corrected chi connectivity index (χ4v) is 7.36. The minimum absolute atomic E-state index is 0.142. The van der Waals surface area contributed by atoms with Crippen LogP contribution >= 0.6 is 34.4 Å². The molecule has 0 saturated carbocycles. The summed E-state index contributed by atoms with van der Waals surface area (Å²) < 4.78 is 7.41. The van der Waals surface area contributed by atoms with Crippen molar-refractivity contribution in [3.8, 4) is 16.2 Å². The first kappa shape index (κ1) is 20.7. The van der Waals surface area contributed by atoms with Gasteiger partial charge in [0.25, 0.3) is 4.06 Å². The topological polar surface area (TPSA) is 26.3 Å². The average molecular weight is 443 g/mol. The van der Waals surface area contributed by atoms with Gasteiger partial charge in [-0.3, -0.25) is 4.79 Å². The zero-order chi connectivity index (χ0) is 20.5. The summed E-state index contributed by atoms with van der Waals surface area (Å²) in [5.74, 6) is 1.89. The molecule has 2 aromatic carbocycles. The Kier molecular flexibility index (Phi) is 6.19. The molecule has 152 valence electrons. The summed E-state index contributed by atoms with van der Waals surface area (Å²) in [5.41, 5.74) is 5.00. The maximum atomic E-state index is 12.4. The lowest BCUT2D eigenvalue weighted by Gasteiger charge is -2.21. The fourth-order valence-electron chi connectivity index (χ4n) is 3.62. The number of hydrogen-bond donors (Lipinski definition) is 0. The molecule has 0 saturated heterocycles. The first-order valence-corrected chi connectivity index (χ1v) is 12.5. The molecule has 4 rings (SSSR count). The average Bonchev–Trinajstić information content (AvgIpc) is 3.04. The largest absolute Gasteiger partial charge is 0.493 e. The van der Waals surface area contributed by atoms with Crippen molar-refractivity contribution in [3.05, 3.63) is 61.9 Å². The van der Waals surface area contributed by atoms with Gasteiger partial charge in [0.2, 0.25) is 0 Å². The van der Waals surface area contributed by atoms with E-state index in [-0.39, 0.29) is 4.06 Å². The van der Waals surface area contributed by atoms with Crippen LogP contribution in [0.4, 0.5) is 0 Å². The number of rotatable bonds is 4. The van der Waals surface area contributed by atoms with Crippen molar-refractivity contribution in [3.63, 3.8) is 0 Å². The van der Waals surface area contributed by atoms with E-state index in [9.17, 15) is 4.79 Å². The van der Waals surface area contributed by atoms with Crippen LogP contribution in [0.2, 0.25) is 0 Å². The highest BCUT2D eigenvalue weighted by atomic mass is 32.2. The van der Waals surface area contributed by atoms with Gasteiger partial charge in [0.05, 0.1) is 15.7 Å². The molecule has 2 heterocycles. The van der Waals surface area contributed by atoms with Crippen LogP contribution in [-0.2, 0) is 6.42 Å². The predicted molar refractivity (Wildman–Crippen MR) is 126 cm³/mol. The van der Waals surface area contributed by atoms with Crippen molar-refractivity contribution < 1.29 is 4.74 Å². The summed E-state index contributed by atoms with van der Waals surface area (Å²) >= 11 is 4.46. The summed E-state index contributed by atoms with van der Waals surface area (Å²) in [6.45, 7) is 9.56. The van der Waals surface area contributed by atoms with E-state index in [2.05, 4.69) is 64.1 Å². The van der Waals surface area contributed by atoms with Crippen molar-refractivity contribution in [1.29, 1.82) is 0 Å². The Labute approximate surface area is 185 Å².